The zero-order valence-electron chi connectivity index (χ0n) is 17.7. The van der Waals surface area contributed by atoms with Crippen LogP contribution in [0.25, 0.3) is 0 Å². The molecule has 6 heteroatoms. The second kappa shape index (κ2) is 9.45. The van der Waals surface area contributed by atoms with E-state index >= 15 is 0 Å². The Hall–Kier alpha value is -3.02. The molecule has 6 nitrogen and oxygen atoms in total. The Morgan fingerprint density at radius 3 is 2.03 bits per heavy atom. The number of aromatic carboxylic acids is 1. The van der Waals surface area contributed by atoms with Gasteiger partial charge in [-0.2, -0.15) is 0 Å². The molecule has 0 atom stereocenters. The molecule has 0 saturated carbocycles. The summed E-state index contributed by atoms with van der Waals surface area (Å²) >= 11 is 0. The molecule has 0 aliphatic heterocycles. The van der Waals surface area contributed by atoms with Crippen LogP contribution >= 0.6 is 0 Å². The lowest BCUT2D eigenvalue weighted by Gasteiger charge is -2.35. The number of amides is 1. The van der Waals surface area contributed by atoms with Crippen molar-refractivity contribution in [2.45, 2.75) is 38.6 Å². The number of carbonyl (C=O) groups excluding carboxylic acids is 1. The fourth-order valence-corrected chi connectivity index (χ4v) is 3.68. The lowest BCUT2D eigenvalue weighted by Crippen LogP contribution is -2.44. The number of ether oxygens (including phenoxy) is 2. The predicted octanol–water partition coefficient (Wildman–Crippen LogP) is 4.12. The second-order valence-electron chi connectivity index (χ2n) is 7.02. The molecule has 2 rings (SSSR count). The summed E-state index contributed by atoms with van der Waals surface area (Å²) in [6.07, 6.45) is 1.28. The minimum absolute atomic E-state index is 0.0111. The smallest absolute Gasteiger partial charge is 0.335 e. The van der Waals surface area contributed by atoms with Crippen molar-refractivity contribution in [3.8, 4) is 11.5 Å². The maximum atomic E-state index is 13.5. The SMILES string of the molecule is CCC(CC)(C(=O)N(C)Cc1ccc(C(=O)O)cc1)c1ccc(OC)c(OC)c1. The Kier molecular flexibility index (Phi) is 7.26. The highest BCUT2D eigenvalue weighted by molar-refractivity contribution is 5.89. The van der Waals surface area contributed by atoms with Crippen molar-refractivity contribution in [2.75, 3.05) is 21.3 Å². The monoisotopic (exact) mass is 399 g/mol. The van der Waals surface area contributed by atoms with E-state index in [-0.39, 0.29) is 11.5 Å². The minimum atomic E-state index is -0.967. The van der Waals surface area contributed by atoms with Crippen LogP contribution in [0.4, 0.5) is 0 Å². The third-order valence-corrected chi connectivity index (χ3v) is 5.52. The Morgan fingerprint density at radius 2 is 1.55 bits per heavy atom. The normalized spacial score (nSPS) is 11.1. The van der Waals surface area contributed by atoms with Gasteiger partial charge in [-0.3, -0.25) is 4.79 Å². The second-order valence-corrected chi connectivity index (χ2v) is 7.02. The summed E-state index contributed by atoms with van der Waals surface area (Å²) in [5, 5.41) is 9.04. The lowest BCUT2D eigenvalue weighted by atomic mass is 9.74. The van der Waals surface area contributed by atoms with E-state index in [1.54, 1.807) is 50.4 Å². The van der Waals surface area contributed by atoms with Crippen LogP contribution in [-0.2, 0) is 16.8 Å². The van der Waals surface area contributed by atoms with Gasteiger partial charge in [-0.05, 0) is 48.2 Å². The highest BCUT2D eigenvalue weighted by atomic mass is 16.5. The Balaban J connectivity index is 2.33. The van der Waals surface area contributed by atoms with Gasteiger partial charge in [-0.1, -0.05) is 32.0 Å². The number of hydrogen-bond acceptors (Lipinski definition) is 4. The Labute approximate surface area is 172 Å². The van der Waals surface area contributed by atoms with Gasteiger partial charge in [0, 0.05) is 13.6 Å². The molecular weight excluding hydrogens is 370 g/mol. The van der Waals surface area contributed by atoms with E-state index in [1.807, 2.05) is 32.0 Å². The van der Waals surface area contributed by atoms with E-state index in [9.17, 15) is 9.59 Å². The summed E-state index contributed by atoms with van der Waals surface area (Å²) in [6.45, 7) is 4.41. The fourth-order valence-electron chi connectivity index (χ4n) is 3.68. The van der Waals surface area contributed by atoms with E-state index in [1.165, 1.54) is 0 Å². The van der Waals surface area contributed by atoms with Gasteiger partial charge in [0.2, 0.25) is 5.91 Å². The highest BCUT2D eigenvalue weighted by Crippen LogP contribution is 2.38. The van der Waals surface area contributed by atoms with Crippen LogP contribution in [0.15, 0.2) is 42.5 Å². The third kappa shape index (κ3) is 4.53. The Bertz CT molecular complexity index is 856. The summed E-state index contributed by atoms with van der Waals surface area (Å²) < 4.78 is 10.8. The van der Waals surface area contributed by atoms with Crippen LogP contribution in [0.5, 0.6) is 11.5 Å². The number of nitrogens with zero attached hydrogens (tertiary/aromatic N) is 1. The van der Waals surface area contributed by atoms with Crippen molar-refractivity contribution >= 4 is 11.9 Å². The minimum Gasteiger partial charge on any atom is -0.493 e. The number of benzene rings is 2. The van der Waals surface area contributed by atoms with Crippen molar-refractivity contribution in [3.63, 3.8) is 0 Å². The van der Waals surface area contributed by atoms with E-state index < -0.39 is 11.4 Å². The number of methoxy groups -OCH3 is 2. The zero-order chi connectivity index (χ0) is 21.6. The van der Waals surface area contributed by atoms with E-state index in [0.717, 1.165) is 11.1 Å². The first-order chi connectivity index (χ1) is 13.8. The number of hydrogen-bond donors (Lipinski definition) is 1. The maximum Gasteiger partial charge on any atom is 0.335 e. The standard InChI is InChI=1S/C23H29NO5/c1-6-23(7-2,18-12-13-19(28-4)20(14-18)29-5)22(27)24(3)15-16-8-10-17(11-9-16)21(25)26/h8-14H,6-7,15H2,1-5H3,(H,25,26). The summed E-state index contributed by atoms with van der Waals surface area (Å²) in [5.41, 5.74) is 1.30. The lowest BCUT2D eigenvalue weighted by molar-refractivity contribution is -0.137. The number of carboxylic acids is 1. The molecule has 0 aliphatic carbocycles. The molecule has 0 fully saturated rings. The molecule has 2 aromatic carbocycles. The van der Waals surface area contributed by atoms with E-state index in [4.69, 9.17) is 14.6 Å². The van der Waals surface area contributed by atoms with E-state index in [2.05, 4.69) is 0 Å². The van der Waals surface area contributed by atoms with Gasteiger partial charge in [0.1, 0.15) is 0 Å². The number of carbonyl (C=O) groups is 2. The molecule has 0 unspecified atom stereocenters. The van der Waals surface area contributed by atoms with Crippen LogP contribution in [0.2, 0.25) is 0 Å². The van der Waals surface area contributed by atoms with Crippen molar-refractivity contribution in [1.29, 1.82) is 0 Å². The molecule has 0 aliphatic rings. The predicted molar refractivity (Wildman–Crippen MR) is 112 cm³/mol. The first-order valence-electron chi connectivity index (χ1n) is 9.63. The molecule has 0 radical (unpaired) electrons. The van der Waals surface area contributed by atoms with Crippen molar-refractivity contribution in [3.05, 3.63) is 59.2 Å². The first kappa shape index (κ1) is 22.3. The van der Waals surface area contributed by atoms with Gasteiger partial charge in [0.05, 0.1) is 25.2 Å². The average molecular weight is 399 g/mol. The summed E-state index contributed by atoms with van der Waals surface area (Å²) in [5.74, 6) is 0.259. The molecule has 1 N–H and O–H groups in total. The fraction of sp³-hybridized carbons (Fsp3) is 0.391. The van der Waals surface area contributed by atoms with Crippen LogP contribution in [0.1, 0.15) is 48.2 Å². The summed E-state index contributed by atoms with van der Waals surface area (Å²) in [4.78, 5) is 26.2. The molecule has 0 bridgehead atoms. The van der Waals surface area contributed by atoms with Gasteiger partial charge in [0.15, 0.2) is 11.5 Å². The molecular formula is C23H29NO5. The number of rotatable bonds is 9. The molecule has 0 heterocycles. The molecule has 1 amide bonds. The maximum absolute atomic E-state index is 13.5. The van der Waals surface area contributed by atoms with Crippen molar-refractivity contribution < 1.29 is 24.2 Å². The van der Waals surface area contributed by atoms with Crippen LogP contribution in [-0.4, -0.2) is 43.2 Å². The number of likely N-dealkylation sites (N-methyl/N-ethyl adjacent to an activating group) is 1. The van der Waals surface area contributed by atoms with Crippen molar-refractivity contribution in [1.82, 2.24) is 4.90 Å². The van der Waals surface area contributed by atoms with Crippen LogP contribution in [0, 0.1) is 0 Å². The van der Waals surface area contributed by atoms with Gasteiger partial charge < -0.3 is 19.5 Å². The molecule has 29 heavy (non-hydrogen) atoms. The highest BCUT2D eigenvalue weighted by Gasteiger charge is 2.39. The van der Waals surface area contributed by atoms with Gasteiger partial charge in [-0.25, -0.2) is 4.79 Å². The third-order valence-electron chi connectivity index (χ3n) is 5.52. The quantitative estimate of drug-likeness (QED) is 0.686. The number of carboxylic acid groups (broad SMARTS) is 1. The molecule has 2 aromatic rings. The average Bonchev–Trinajstić information content (AvgIpc) is 2.74. The van der Waals surface area contributed by atoms with E-state index in [0.29, 0.717) is 30.9 Å². The summed E-state index contributed by atoms with van der Waals surface area (Å²) in [7, 11) is 4.93. The first-order valence-corrected chi connectivity index (χ1v) is 9.63. The largest absolute Gasteiger partial charge is 0.493 e. The van der Waals surface area contributed by atoms with Crippen LogP contribution < -0.4 is 9.47 Å². The Morgan fingerprint density at radius 1 is 0.966 bits per heavy atom. The van der Waals surface area contributed by atoms with Gasteiger partial charge >= 0.3 is 5.97 Å². The van der Waals surface area contributed by atoms with Crippen molar-refractivity contribution in [2.24, 2.45) is 0 Å². The van der Waals surface area contributed by atoms with Gasteiger partial charge in [-0.15, -0.1) is 0 Å². The summed E-state index contributed by atoms with van der Waals surface area (Å²) in [6, 6.07) is 12.2. The van der Waals surface area contributed by atoms with Gasteiger partial charge in [0.25, 0.3) is 0 Å². The van der Waals surface area contributed by atoms with Crippen LogP contribution in [0.3, 0.4) is 0 Å². The molecule has 0 saturated heterocycles. The molecule has 156 valence electrons. The topological polar surface area (TPSA) is 76.1 Å². The zero-order valence-corrected chi connectivity index (χ0v) is 17.7. The molecule has 0 aromatic heterocycles. The molecule has 0 spiro atoms.